The molecule has 0 spiro atoms. The second-order valence-electron chi connectivity index (χ2n) is 5.73. The summed E-state index contributed by atoms with van der Waals surface area (Å²) in [4.78, 5) is 15.9. The quantitative estimate of drug-likeness (QED) is 0.849. The van der Waals surface area contributed by atoms with Crippen molar-refractivity contribution in [2.75, 3.05) is 12.3 Å². The normalized spacial score (nSPS) is 15.4. The standard InChI is InChI=1S/C16H20N2OS/c1-16(2,3)13-7-4-12(5-8-13)6-9-14(19)18-15-17-10-11-20-15/h4-9H,10-11H2,1-3H3,(H,17,18,19)/b9-6-. The van der Waals surface area contributed by atoms with Crippen molar-refractivity contribution < 1.29 is 4.79 Å². The lowest BCUT2D eigenvalue weighted by atomic mass is 9.87. The largest absolute Gasteiger partial charge is 0.302 e. The van der Waals surface area contributed by atoms with E-state index < -0.39 is 0 Å². The molecule has 1 N–H and O–H groups in total. The molecule has 1 aromatic carbocycles. The molecule has 0 atom stereocenters. The summed E-state index contributed by atoms with van der Waals surface area (Å²) in [5.41, 5.74) is 2.46. The highest BCUT2D eigenvalue weighted by Gasteiger charge is 2.12. The number of aliphatic imine (C=N–C) groups is 1. The van der Waals surface area contributed by atoms with Gasteiger partial charge in [0.25, 0.3) is 0 Å². The molecule has 0 unspecified atom stereocenters. The highest BCUT2D eigenvalue weighted by atomic mass is 32.2. The number of hydrogen-bond donors (Lipinski definition) is 1. The smallest absolute Gasteiger partial charge is 0.249 e. The summed E-state index contributed by atoms with van der Waals surface area (Å²) < 4.78 is 0. The van der Waals surface area contributed by atoms with E-state index in [1.54, 1.807) is 17.8 Å². The lowest BCUT2D eigenvalue weighted by molar-refractivity contribution is -0.115. The van der Waals surface area contributed by atoms with Gasteiger partial charge in [-0.15, -0.1) is 0 Å². The van der Waals surface area contributed by atoms with Crippen LogP contribution in [-0.2, 0) is 10.2 Å². The van der Waals surface area contributed by atoms with Crippen molar-refractivity contribution in [1.82, 2.24) is 5.32 Å². The maximum atomic E-state index is 11.7. The molecule has 3 nitrogen and oxygen atoms in total. The van der Waals surface area contributed by atoms with Gasteiger partial charge >= 0.3 is 0 Å². The Kier molecular flexibility index (Phi) is 4.65. The average molecular weight is 288 g/mol. The predicted octanol–water partition coefficient (Wildman–Crippen LogP) is 3.22. The second-order valence-corrected chi connectivity index (χ2v) is 6.81. The molecule has 0 bridgehead atoms. The Balaban J connectivity index is 1.95. The number of nitrogens with zero attached hydrogens (tertiary/aromatic N) is 1. The van der Waals surface area contributed by atoms with Crippen LogP contribution in [0.25, 0.3) is 6.08 Å². The van der Waals surface area contributed by atoms with Crippen molar-refractivity contribution in [2.45, 2.75) is 26.2 Å². The Morgan fingerprint density at radius 2 is 2.00 bits per heavy atom. The zero-order valence-corrected chi connectivity index (χ0v) is 13.0. The number of carbonyl (C=O) groups is 1. The molecule has 1 aliphatic heterocycles. The van der Waals surface area contributed by atoms with E-state index in [9.17, 15) is 4.79 Å². The minimum absolute atomic E-state index is 0.127. The predicted molar refractivity (Wildman–Crippen MR) is 87.1 cm³/mol. The van der Waals surface area contributed by atoms with Crippen LogP contribution in [0.3, 0.4) is 0 Å². The van der Waals surface area contributed by atoms with Gasteiger partial charge in [0.05, 0.1) is 6.54 Å². The summed E-state index contributed by atoms with van der Waals surface area (Å²) in [5.74, 6) is 0.825. The molecule has 1 aliphatic rings. The minimum atomic E-state index is -0.127. The fourth-order valence-electron chi connectivity index (χ4n) is 1.82. The molecule has 1 amide bonds. The molecule has 0 radical (unpaired) electrons. The van der Waals surface area contributed by atoms with Gasteiger partial charge in [-0.25, -0.2) is 0 Å². The van der Waals surface area contributed by atoms with Gasteiger partial charge in [0, 0.05) is 11.8 Å². The Labute approximate surface area is 124 Å². The van der Waals surface area contributed by atoms with Crippen molar-refractivity contribution in [3.05, 3.63) is 41.5 Å². The molecule has 1 heterocycles. The third-order valence-corrected chi connectivity index (χ3v) is 3.91. The van der Waals surface area contributed by atoms with E-state index >= 15 is 0 Å². The van der Waals surface area contributed by atoms with Gasteiger partial charge in [-0.1, -0.05) is 56.8 Å². The summed E-state index contributed by atoms with van der Waals surface area (Å²) in [7, 11) is 0. The van der Waals surface area contributed by atoms with Gasteiger partial charge in [-0.05, 0) is 22.6 Å². The summed E-state index contributed by atoms with van der Waals surface area (Å²) >= 11 is 1.58. The maximum absolute atomic E-state index is 11.7. The van der Waals surface area contributed by atoms with E-state index in [0.29, 0.717) is 0 Å². The summed E-state index contributed by atoms with van der Waals surface area (Å²) in [6.45, 7) is 7.35. The number of nitrogens with one attached hydrogen (secondary N) is 1. The van der Waals surface area contributed by atoms with Crippen molar-refractivity contribution in [2.24, 2.45) is 4.99 Å². The van der Waals surface area contributed by atoms with Gasteiger partial charge in [0.2, 0.25) is 5.91 Å². The van der Waals surface area contributed by atoms with Crippen molar-refractivity contribution >= 4 is 28.9 Å². The zero-order chi connectivity index (χ0) is 14.6. The van der Waals surface area contributed by atoms with Crippen molar-refractivity contribution in [3.8, 4) is 0 Å². The number of rotatable bonds is 2. The van der Waals surface area contributed by atoms with Crippen LogP contribution in [0.2, 0.25) is 0 Å². The van der Waals surface area contributed by atoms with Crippen LogP contribution < -0.4 is 5.32 Å². The van der Waals surface area contributed by atoms with E-state index in [2.05, 4.69) is 43.2 Å². The van der Waals surface area contributed by atoms with E-state index in [1.165, 1.54) is 5.56 Å². The third-order valence-electron chi connectivity index (χ3n) is 3.02. The molecule has 0 saturated carbocycles. The van der Waals surface area contributed by atoms with Crippen molar-refractivity contribution in [1.29, 1.82) is 0 Å². The molecule has 0 aliphatic carbocycles. The number of hydrogen-bond acceptors (Lipinski definition) is 3. The number of thioether (sulfide) groups is 1. The first kappa shape index (κ1) is 14.9. The SMILES string of the molecule is CC(C)(C)c1ccc(/C=C\C(=O)NC2=NCCS2)cc1. The van der Waals surface area contributed by atoms with Crippen LogP contribution >= 0.6 is 11.8 Å². The maximum Gasteiger partial charge on any atom is 0.249 e. The first-order valence-electron chi connectivity index (χ1n) is 6.72. The lowest BCUT2D eigenvalue weighted by Gasteiger charge is -2.18. The minimum Gasteiger partial charge on any atom is -0.302 e. The molecule has 106 valence electrons. The first-order valence-corrected chi connectivity index (χ1v) is 7.70. The van der Waals surface area contributed by atoms with E-state index in [0.717, 1.165) is 23.0 Å². The molecular formula is C16H20N2OS. The van der Waals surface area contributed by atoms with Crippen LogP contribution in [0.4, 0.5) is 0 Å². The molecular weight excluding hydrogens is 268 g/mol. The summed E-state index contributed by atoms with van der Waals surface area (Å²) in [5, 5.41) is 3.50. The molecule has 20 heavy (non-hydrogen) atoms. The van der Waals surface area contributed by atoms with Crippen molar-refractivity contribution in [3.63, 3.8) is 0 Å². The first-order chi connectivity index (χ1) is 9.45. The molecule has 1 aromatic rings. The fraction of sp³-hybridized carbons (Fsp3) is 0.375. The summed E-state index contributed by atoms with van der Waals surface area (Å²) in [6, 6.07) is 8.28. The highest BCUT2D eigenvalue weighted by Crippen LogP contribution is 2.22. The van der Waals surface area contributed by atoms with Gasteiger partial charge in [-0.2, -0.15) is 0 Å². The third kappa shape index (κ3) is 4.23. The fourth-order valence-corrected chi connectivity index (χ4v) is 2.56. The van der Waals surface area contributed by atoms with Crippen LogP contribution in [0.5, 0.6) is 0 Å². The zero-order valence-electron chi connectivity index (χ0n) is 12.1. The van der Waals surface area contributed by atoms with Gasteiger partial charge in [0.1, 0.15) is 0 Å². The topological polar surface area (TPSA) is 41.5 Å². The van der Waals surface area contributed by atoms with Crippen LogP contribution in [0.15, 0.2) is 35.3 Å². The average Bonchev–Trinajstić information content (AvgIpc) is 2.88. The monoisotopic (exact) mass is 288 g/mol. The van der Waals surface area contributed by atoms with Crippen LogP contribution in [-0.4, -0.2) is 23.4 Å². The van der Waals surface area contributed by atoms with Crippen LogP contribution in [0, 0.1) is 0 Å². The number of benzene rings is 1. The molecule has 0 saturated heterocycles. The summed E-state index contributed by atoms with van der Waals surface area (Å²) in [6.07, 6.45) is 3.37. The van der Waals surface area contributed by atoms with E-state index in [-0.39, 0.29) is 11.3 Å². The van der Waals surface area contributed by atoms with E-state index in [1.807, 2.05) is 18.2 Å². The number of amides is 1. The molecule has 0 aromatic heterocycles. The Morgan fingerprint density at radius 1 is 1.30 bits per heavy atom. The van der Waals surface area contributed by atoms with Gasteiger partial charge in [0.15, 0.2) is 5.17 Å². The van der Waals surface area contributed by atoms with E-state index in [4.69, 9.17) is 0 Å². The lowest BCUT2D eigenvalue weighted by Crippen LogP contribution is -2.25. The Morgan fingerprint density at radius 3 is 2.55 bits per heavy atom. The Hall–Kier alpha value is -1.55. The molecule has 0 fully saturated rings. The number of carbonyl (C=O) groups excluding carboxylic acids is 1. The molecule has 4 heteroatoms. The number of amidine groups is 1. The second kappa shape index (κ2) is 6.27. The van der Waals surface area contributed by atoms with Gasteiger partial charge < -0.3 is 5.32 Å². The van der Waals surface area contributed by atoms with Crippen LogP contribution in [0.1, 0.15) is 31.9 Å². The highest BCUT2D eigenvalue weighted by molar-refractivity contribution is 8.14. The molecule has 2 rings (SSSR count). The van der Waals surface area contributed by atoms with Gasteiger partial charge in [-0.3, -0.25) is 9.79 Å². The Bertz CT molecular complexity index is 539.